The highest BCUT2D eigenvalue weighted by Crippen LogP contribution is 2.25. The zero-order chi connectivity index (χ0) is 13.1. The van der Waals surface area contributed by atoms with Gasteiger partial charge in [0, 0.05) is 38.4 Å². The van der Waals surface area contributed by atoms with Crippen molar-refractivity contribution in [2.75, 3.05) is 38.7 Å². The summed E-state index contributed by atoms with van der Waals surface area (Å²) in [5.41, 5.74) is 2.86. The number of nitrogens with zero attached hydrogens (tertiary/aromatic N) is 4. The van der Waals surface area contributed by atoms with Crippen LogP contribution in [0.5, 0.6) is 0 Å². The first-order valence-electron chi connectivity index (χ1n) is 5.56. The van der Waals surface area contributed by atoms with Gasteiger partial charge in [-0.15, -0.1) is 0 Å². The molecule has 0 unspecified atom stereocenters. The predicted octanol–water partition coefficient (Wildman–Crippen LogP) is 1.22. The number of hydrogen-bond donors (Lipinski definition) is 1. The molecule has 0 spiro atoms. The first kappa shape index (κ1) is 13.0. The molecule has 8 heteroatoms. The Kier molecular flexibility index (Phi) is 3.95. The molecule has 2 rings (SSSR count). The second-order valence-corrected chi connectivity index (χ2v) is 4.62. The number of anilines is 1. The second-order valence-electron chi connectivity index (χ2n) is 4.18. The van der Waals surface area contributed by atoms with E-state index in [1.807, 2.05) is 12.1 Å². The number of piperazine rings is 1. The SMILES string of the molecule is CN1CCN(Nc2ncc(Cl)cc2[N+](=O)[O-])CC1. The number of pyridine rings is 1. The summed E-state index contributed by atoms with van der Waals surface area (Å²) in [6, 6.07) is 1.30. The van der Waals surface area contributed by atoms with Crippen LogP contribution in [0.4, 0.5) is 11.5 Å². The maximum absolute atomic E-state index is 10.9. The van der Waals surface area contributed by atoms with Gasteiger partial charge in [0.25, 0.3) is 0 Å². The number of hydrazine groups is 1. The smallest absolute Gasteiger partial charge is 0.304 e. The van der Waals surface area contributed by atoms with Crippen LogP contribution in [0.3, 0.4) is 0 Å². The Morgan fingerprint density at radius 2 is 2.11 bits per heavy atom. The molecule has 1 N–H and O–H groups in total. The zero-order valence-electron chi connectivity index (χ0n) is 9.97. The number of hydrogen-bond acceptors (Lipinski definition) is 6. The molecule has 98 valence electrons. The summed E-state index contributed by atoms with van der Waals surface area (Å²) in [7, 11) is 2.04. The molecule has 0 saturated carbocycles. The van der Waals surface area contributed by atoms with Crippen LogP contribution in [-0.4, -0.2) is 53.0 Å². The van der Waals surface area contributed by atoms with Crippen LogP contribution < -0.4 is 5.43 Å². The standard InChI is InChI=1S/C10H14ClN5O2/c1-14-2-4-15(5-3-14)13-10-9(16(17)18)6-8(11)7-12-10/h6-7H,2-5H2,1H3,(H,12,13). The monoisotopic (exact) mass is 271 g/mol. The third-order valence-corrected chi connectivity index (χ3v) is 3.00. The highest BCUT2D eigenvalue weighted by atomic mass is 35.5. The van der Waals surface area contributed by atoms with Crippen molar-refractivity contribution in [1.29, 1.82) is 0 Å². The fraction of sp³-hybridized carbons (Fsp3) is 0.500. The third kappa shape index (κ3) is 3.06. The molecule has 0 atom stereocenters. The van der Waals surface area contributed by atoms with Gasteiger partial charge in [-0.1, -0.05) is 11.6 Å². The summed E-state index contributed by atoms with van der Waals surface area (Å²) in [5, 5.41) is 13.1. The van der Waals surface area contributed by atoms with E-state index in [-0.39, 0.29) is 16.5 Å². The van der Waals surface area contributed by atoms with Crippen LogP contribution >= 0.6 is 11.6 Å². The van der Waals surface area contributed by atoms with Crippen LogP contribution in [0.2, 0.25) is 5.02 Å². The third-order valence-electron chi connectivity index (χ3n) is 2.80. The lowest BCUT2D eigenvalue weighted by molar-refractivity contribution is -0.384. The topological polar surface area (TPSA) is 74.5 Å². The Labute approximate surface area is 109 Å². The van der Waals surface area contributed by atoms with Gasteiger partial charge < -0.3 is 4.90 Å². The largest absolute Gasteiger partial charge is 0.314 e. The number of rotatable bonds is 3. The van der Waals surface area contributed by atoms with E-state index >= 15 is 0 Å². The molecule has 0 bridgehead atoms. The minimum Gasteiger partial charge on any atom is -0.304 e. The highest BCUT2D eigenvalue weighted by Gasteiger charge is 2.20. The Bertz CT molecular complexity index is 448. The van der Waals surface area contributed by atoms with E-state index < -0.39 is 4.92 Å². The van der Waals surface area contributed by atoms with Gasteiger partial charge in [0.1, 0.15) is 0 Å². The fourth-order valence-corrected chi connectivity index (χ4v) is 1.87. The average Bonchev–Trinajstić information content (AvgIpc) is 2.34. The average molecular weight is 272 g/mol. The summed E-state index contributed by atoms with van der Waals surface area (Å²) in [6.45, 7) is 3.40. The van der Waals surface area contributed by atoms with Crippen LogP contribution in [0.15, 0.2) is 12.3 Å². The number of aromatic nitrogens is 1. The summed E-state index contributed by atoms with van der Waals surface area (Å²) in [4.78, 5) is 16.6. The van der Waals surface area contributed by atoms with Gasteiger partial charge >= 0.3 is 5.69 Å². The van der Waals surface area contributed by atoms with Crippen molar-refractivity contribution in [3.8, 4) is 0 Å². The Balaban J connectivity index is 2.11. The summed E-state index contributed by atoms with van der Waals surface area (Å²) in [6.07, 6.45) is 1.40. The van der Waals surface area contributed by atoms with E-state index in [0.717, 1.165) is 26.2 Å². The molecule has 1 aromatic rings. The number of halogens is 1. The highest BCUT2D eigenvalue weighted by molar-refractivity contribution is 6.30. The van der Waals surface area contributed by atoms with Gasteiger partial charge in [0.15, 0.2) is 0 Å². The Morgan fingerprint density at radius 1 is 1.44 bits per heavy atom. The van der Waals surface area contributed by atoms with Crippen molar-refractivity contribution in [3.05, 3.63) is 27.4 Å². The maximum atomic E-state index is 10.9. The van der Waals surface area contributed by atoms with Gasteiger partial charge in [0.2, 0.25) is 5.82 Å². The lowest BCUT2D eigenvalue weighted by Crippen LogP contribution is -2.47. The molecule has 0 radical (unpaired) electrons. The molecule has 2 heterocycles. The molecule has 1 aliphatic rings. The second kappa shape index (κ2) is 5.47. The minimum atomic E-state index is -0.489. The number of nitro groups is 1. The minimum absolute atomic E-state index is 0.110. The van der Waals surface area contributed by atoms with Gasteiger partial charge in [-0.25, -0.2) is 9.99 Å². The lowest BCUT2D eigenvalue weighted by atomic mass is 10.3. The van der Waals surface area contributed by atoms with Crippen molar-refractivity contribution in [2.24, 2.45) is 0 Å². The van der Waals surface area contributed by atoms with E-state index in [0.29, 0.717) is 0 Å². The first-order valence-corrected chi connectivity index (χ1v) is 5.94. The van der Waals surface area contributed by atoms with Crippen molar-refractivity contribution >= 4 is 23.1 Å². The molecule has 1 fully saturated rings. The number of likely N-dealkylation sites (N-methyl/N-ethyl adjacent to an activating group) is 1. The van der Waals surface area contributed by atoms with Crippen molar-refractivity contribution in [3.63, 3.8) is 0 Å². The molecule has 7 nitrogen and oxygen atoms in total. The Hall–Kier alpha value is -1.44. The molecule has 18 heavy (non-hydrogen) atoms. The molecule has 1 aromatic heterocycles. The molecule has 0 amide bonds. The summed E-state index contributed by atoms with van der Waals surface area (Å²) >= 11 is 5.71. The maximum Gasteiger partial charge on any atom is 0.314 e. The predicted molar refractivity (Wildman–Crippen MR) is 68.6 cm³/mol. The molecule has 1 saturated heterocycles. The quantitative estimate of drug-likeness (QED) is 0.658. The van der Waals surface area contributed by atoms with Crippen molar-refractivity contribution < 1.29 is 4.92 Å². The molecule has 0 aromatic carbocycles. The van der Waals surface area contributed by atoms with E-state index in [1.54, 1.807) is 0 Å². The van der Waals surface area contributed by atoms with Gasteiger partial charge in [0.05, 0.1) is 9.95 Å². The van der Waals surface area contributed by atoms with Gasteiger partial charge in [-0.3, -0.25) is 15.5 Å². The van der Waals surface area contributed by atoms with Crippen LogP contribution in [-0.2, 0) is 0 Å². The zero-order valence-corrected chi connectivity index (χ0v) is 10.7. The number of nitrogens with one attached hydrogen (secondary N) is 1. The van der Waals surface area contributed by atoms with Gasteiger partial charge in [-0.2, -0.15) is 0 Å². The summed E-state index contributed by atoms with van der Waals surface area (Å²) in [5.74, 6) is 0.231. The Morgan fingerprint density at radius 3 is 2.72 bits per heavy atom. The molecule has 0 aliphatic carbocycles. The normalized spacial score (nSPS) is 17.7. The fourth-order valence-electron chi connectivity index (χ4n) is 1.72. The van der Waals surface area contributed by atoms with Gasteiger partial charge in [-0.05, 0) is 7.05 Å². The van der Waals surface area contributed by atoms with Crippen LogP contribution in [0.25, 0.3) is 0 Å². The summed E-state index contributed by atoms with van der Waals surface area (Å²) < 4.78 is 0. The first-order chi connectivity index (χ1) is 8.56. The van der Waals surface area contributed by atoms with Crippen molar-refractivity contribution in [1.82, 2.24) is 14.9 Å². The molecular weight excluding hydrogens is 258 g/mol. The molecule has 1 aliphatic heterocycles. The lowest BCUT2D eigenvalue weighted by Gasteiger charge is -2.32. The van der Waals surface area contributed by atoms with Crippen LogP contribution in [0.1, 0.15) is 0 Å². The van der Waals surface area contributed by atoms with Crippen LogP contribution in [0, 0.1) is 10.1 Å². The van der Waals surface area contributed by atoms with E-state index in [2.05, 4.69) is 15.3 Å². The van der Waals surface area contributed by atoms with E-state index in [1.165, 1.54) is 12.3 Å². The van der Waals surface area contributed by atoms with Crippen molar-refractivity contribution in [2.45, 2.75) is 0 Å². The van der Waals surface area contributed by atoms with E-state index in [9.17, 15) is 10.1 Å². The van der Waals surface area contributed by atoms with E-state index in [4.69, 9.17) is 11.6 Å². The molecular formula is C10H14ClN5O2.